The van der Waals surface area contributed by atoms with Crippen molar-refractivity contribution in [1.29, 1.82) is 0 Å². The number of halogens is 3. The smallest absolute Gasteiger partial charge is 0.389 e. The fourth-order valence-corrected chi connectivity index (χ4v) is 1.61. The van der Waals surface area contributed by atoms with Gasteiger partial charge in [0.15, 0.2) is 0 Å². The van der Waals surface area contributed by atoms with Crippen LogP contribution in [0.25, 0.3) is 0 Å². The average Bonchev–Trinajstić information content (AvgIpc) is 1.93. The Balaban J connectivity index is 2.31. The second kappa shape index (κ2) is 3.42. The summed E-state index contributed by atoms with van der Waals surface area (Å²) >= 11 is 0. The molecule has 1 fully saturated rings. The first-order chi connectivity index (χ1) is 6.22. The summed E-state index contributed by atoms with van der Waals surface area (Å²) in [4.78, 5) is 10.3. The first kappa shape index (κ1) is 11.3. The van der Waals surface area contributed by atoms with E-state index < -0.39 is 36.5 Å². The fourth-order valence-electron chi connectivity index (χ4n) is 1.61. The summed E-state index contributed by atoms with van der Waals surface area (Å²) in [5.74, 6) is -1.74. The molecular weight excluding hydrogens is 201 g/mol. The highest BCUT2D eigenvalue weighted by atomic mass is 19.4. The molecular formula is C8H11F3O3. The molecule has 6 heteroatoms. The third-order valence-electron chi connectivity index (χ3n) is 2.48. The van der Waals surface area contributed by atoms with Crippen LogP contribution < -0.4 is 0 Å². The Morgan fingerprint density at radius 2 is 1.93 bits per heavy atom. The van der Waals surface area contributed by atoms with E-state index in [4.69, 9.17) is 5.11 Å². The van der Waals surface area contributed by atoms with Crippen molar-refractivity contribution in [1.82, 2.24) is 0 Å². The van der Waals surface area contributed by atoms with Crippen molar-refractivity contribution in [2.75, 3.05) is 0 Å². The molecule has 0 aromatic heterocycles. The Morgan fingerprint density at radius 3 is 2.29 bits per heavy atom. The SMILES string of the molecule is O=C(O)C1CC(O)(CCC(F)(F)F)C1. The number of hydrogen-bond donors (Lipinski definition) is 2. The van der Waals surface area contributed by atoms with E-state index in [0.29, 0.717) is 0 Å². The van der Waals surface area contributed by atoms with Crippen LogP contribution >= 0.6 is 0 Å². The monoisotopic (exact) mass is 212 g/mol. The van der Waals surface area contributed by atoms with Crippen LogP contribution in [0.1, 0.15) is 25.7 Å². The maximum absolute atomic E-state index is 11.8. The van der Waals surface area contributed by atoms with Gasteiger partial charge < -0.3 is 10.2 Å². The van der Waals surface area contributed by atoms with Gasteiger partial charge in [0.05, 0.1) is 11.5 Å². The van der Waals surface area contributed by atoms with E-state index in [1.165, 1.54) is 0 Å². The highest BCUT2D eigenvalue weighted by Gasteiger charge is 2.47. The summed E-state index contributed by atoms with van der Waals surface area (Å²) in [6, 6.07) is 0. The van der Waals surface area contributed by atoms with Gasteiger partial charge in [-0.2, -0.15) is 13.2 Å². The molecule has 0 heterocycles. The number of aliphatic carboxylic acids is 1. The van der Waals surface area contributed by atoms with Gasteiger partial charge in [0.25, 0.3) is 0 Å². The number of alkyl halides is 3. The minimum Gasteiger partial charge on any atom is -0.481 e. The van der Waals surface area contributed by atoms with Crippen molar-refractivity contribution >= 4 is 5.97 Å². The molecule has 1 aliphatic rings. The number of carboxylic acid groups (broad SMARTS) is 1. The third kappa shape index (κ3) is 2.87. The first-order valence-electron chi connectivity index (χ1n) is 4.24. The second-order valence-corrected chi connectivity index (χ2v) is 3.78. The summed E-state index contributed by atoms with van der Waals surface area (Å²) in [6.45, 7) is 0. The quantitative estimate of drug-likeness (QED) is 0.746. The number of hydrogen-bond acceptors (Lipinski definition) is 2. The molecule has 0 saturated heterocycles. The summed E-state index contributed by atoms with van der Waals surface area (Å²) in [7, 11) is 0. The van der Waals surface area contributed by atoms with Gasteiger partial charge in [-0.25, -0.2) is 0 Å². The number of aliphatic hydroxyl groups is 1. The van der Waals surface area contributed by atoms with Gasteiger partial charge in [-0.1, -0.05) is 0 Å². The molecule has 14 heavy (non-hydrogen) atoms. The molecule has 2 N–H and O–H groups in total. The van der Waals surface area contributed by atoms with Crippen LogP contribution in [0.2, 0.25) is 0 Å². The number of carboxylic acids is 1. The zero-order valence-electron chi connectivity index (χ0n) is 7.34. The summed E-state index contributed by atoms with van der Waals surface area (Å²) in [5.41, 5.74) is -1.42. The highest BCUT2D eigenvalue weighted by molar-refractivity contribution is 5.71. The van der Waals surface area contributed by atoms with Gasteiger partial charge in [-0.3, -0.25) is 4.79 Å². The lowest BCUT2D eigenvalue weighted by Crippen LogP contribution is -2.47. The fraction of sp³-hybridized carbons (Fsp3) is 0.875. The Morgan fingerprint density at radius 1 is 1.43 bits per heavy atom. The largest absolute Gasteiger partial charge is 0.481 e. The average molecular weight is 212 g/mol. The topological polar surface area (TPSA) is 57.5 Å². The Labute approximate surface area is 78.5 Å². The molecule has 0 spiro atoms. The van der Waals surface area contributed by atoms with E-state index in [9.17, 15) is 23.1 Å². The maximum atomic E-state index is 11.8. The Bertz CT molecular complexity index is 230. The first-order valence-corrected chi connectivity index (χ1v) is 4.24. The minimum atomic E-state index is -4.29. The lowest BCUT2D eigenvalue weighted by molar-refractivity contribution is -0.172. The van der Waals surface area contributed by atoms with Crippen LogP contribution in [0.4, 0.5) is 13.2 Å². The van der Waals surface area contributed by atoms with E-state index in [0.717, 1.165) is 0 Å². The summed E-state index contributed by atoms with van der Waals surface area (Å²) < 4.78 is 35.3. The zero-order chi connectivity index (χ0) is 11.0. The van der Waals surface area contributed by atoms with Crippen molar-refractivity contribution in [3.63, 3.8) is 0 Å². The van der Waals surface area contributed by atoms with Crippen molar-refractivity contribution in [3.05, 3.63) is 0 Å². The van der Waals surface area contributed by atoms with Crippen LogP contribution in [0, 0.1) is 5.92 Å². The van der Waals surface area contributed by atoms with E-state index in [-0.39, 0.29) is 12.8 Å². The molecule has 0 bridgehead atoms. The third-order valence-corrected chi connectivity index (χ3v) is 2.48. The van der Waals surface area contributed by atoms with E-state index in [1.54, 1.807) is 0 Å². The minimum absolute atomic E-state index is 0.0710. The molecule has 0 unspecified atom stereocenters. The predicted molar refractivity (Wildman–Crippen MR) is 40.6 cm³/mol. The van der Waals surface area contributed by atoms with Gasteiger partial charge >= 0.3 is 12.1 Å². The molecule has 0 amide bonds. The van der Waals surface area contributed by atoms with Crippen LogP contribution in [0.15, 0.2) is 0 Å². The molecule has 0 aromatic rings. The number of carbonyl (C=O) groups is 1. The maximum Gasteiger partial charge on any atom is 0.389 e. The predicted octanol–water partition coefficient (Wildman–Crippen LogP) is 1.55. The molecule has 3 nitrogen and oxygen atoms in total. The van der Waals surface area contributed by atoms with Gasteiger partial charge in [0, 0.05) is 6.42 Å². The Kier molecular flexibility index (Phi) is 2.76. The molecule has 0 radical (unpaired) electrons. The number of rotatable bonds is 3. The van der Waals surface area contributed by atoms with Crippen LogP contribution in [0.3, 0.4) is 0 Å². The second-order valence-electron chi connectivity index (χ2n) is 3.78. The van der Waals surface area contributed by atoms with E-state index in [1.807, 2.05) is 0 Å². The van der Waals surface area contributed by atoms with Gasteiger partial charge in [0.1, 0.15) is 0 Å². The van der Waals surface area contributed by atoms with Crippen LogP contribution in [0.5, 0.6) is 0 Å². The summed E-state index contributed by atoms with van der Waals surface area (Å²) in [5, 5.41) is 17.9. The van der Waals surface area contributed by atoms with Gasteiger partial charge in [-0.05, 0) is 19.3 Å². The van der Waals surface area contributed by atoms with Gasteiger partial charge in [-0.15, -0.1) is 0 Å². The van der Waals surface area contributed by atoms with Crippen molar-refractivity contribution in [2.24, 2.45) is 5.92 Å². The molecule has 1 rings (SSSR count). The lowest BCUT2D eigenvalue weighted by Gasteiger charge is -2.41. The lowest BCUT2D eigenvalue weighted by atomic mass is 9.69. The summed E-state index contributed by atoms with van der Waals surface area (Å²) in [6.07, 6.45) is -5.89. The van der Waals surface area contributed by atoms with E-state index >= 15 is 0 Å². The van der Waals surface area contributed by atoms with Crippen LogP contribution in [-0.4, -0.2) is 28.0 Å². The molecule has 0 aromatic carbocycles. The molecule has 0 atom stereocenters. The van der Waals surface area contributed by atoms with Crippen LogP contribution in [-0.2, 0) is 4.79 Å². The molecule has 0 aliphatic heterocycles. The molecule has 1 aliphatic carbocycles. The standard InChI is InChI=1S/C8H11F3O3/c9-8(10,11)2-1-7(14)3-5(4-7)6(12)13/h5,14H,1-4H2,(H,12,13). The Hall–Kier alpha value is -0.780. The van der Waals surface area contributed by atoms with E-state index in [2.05, 4.69) is 0 Å². The normalized spacial score (nSPS) is 32.4. The molecule has 82 valence electrons. The zero-order valence-corrected chi connectivity index (χ0v) is 7.34. The highest BCUT2D eigenvalue weighted by Crippen LogP contribution is 2.42. The van der Waals surface area contributed by atoms with Gasteiger partial charge in [0.2, 0.25) is 0 Å². The molecule has 1 saturated carbocycles. The van der Waals surface area contributed by atoms with Crippen molar-refractivity contribution in [3.8, 4) is 0 Å². The van der Waals surface area contributed by atoms with Crippen molar-refractivity contribution in [2.45, 2.75) is 37.5 Å². The van der Waals surface area contributed by atoms with Crippen molar-refractivity contribution < 1.29 is 28.2 Å².